The van der Waals surface area contributed by atoms with Crippen molar-refractivity contribution in [3.63, 3.8) is 0 Å². The van der Waals surface area contributed by atoms with Crippen molar-refractivity contribution in [3.8, 4) is 0 Å². The fourth-order valence-corrected chi connectivity index (χ4v) is 1.71. The zero-order chi connectivity index (χ0) is 12.9. The maximum absolute atomic E-state index is 11.8. The van der Waals surface area contributed by atoms with Crippen LogP contribution in [0.25, 0.3) is 0 Å². The van der Waals surface area contributed by atoms with E-state index in [1.165, 1.54) is 4.90 Å². The molecule has 0 saturated carbocycles. The molecule has 0 radical (unpaired) electrons. The Hall–Kier alpha value is -0.580. The zero-order valence-corrected chi connectivity index (χ0v) is 12.3. The molecule has 0 bridgehead atoms. The number of rotatable bonds is 5. The molecule has 5 heteroatoms. The standard InChI is InChI=1S/C11H21BrN2O2/c1-6-14(7-2)9(15)8-13(5)10(16)11(3,4)12/h6-8H2,1-5H3. The van der Waals surface area contributed by atoms with Crippen molar-refractivity contribution >= 4 is 27.7 Å². The van der Waals surface area contributed by atoms with Gasteiger partial charge in [-0.05, 0) is 27.7 Å². The lowest BCUT2D eigenvalue weighted by molar-refractivity contribution is -0.139. The van der Waals surface area contributed by atoms with Crippen LogP contribution in [0.5, 0.6) is 0 Å². The number of carbonyl (C=O) groups excluding carboxylic acids is 2. The van der Waals surface area contributed by atoms with Gasteiger partial charge in [0, 0.05) is 20.1 Å². The first-order valence-corrected chi connectivity index (χ1v) is 6.25. The molecule has 94 valence electrons. The predicted octanol–water partition coefficient (Wildman–Crippen LogP) is 1.49. The molecule has 0 saturated heterocycles. The first-order chi connectivity index (χ1) is 7.23. The smallest absolute Gasteiger partial charge is 0.242 e. The van der Waals surface area contributed by atoms with Gasteiger partial charge in [0.15, 0.2) is 0 Å². The third-order valence-electron chi connectivity index (χ3n) is 2.34. The van der Waals surface area contributed by atoms with E-state index in [1.54, 1.807) is 25.8 Å². The van der Waals surface area contributed by atoms with Gasteiger partial charge in [-0.15, -0.1) is 0 Å². The normalized spacial score (nSPS) is 11.1. The summed E-state index contributed by atoms with van der Waals surface area (Å²) >= 11 is 3.29. The molecule has 0 aliphatic rings. The van der Waals surface area contributed by atoms with Crippen LogP contribution in [-0.2, 0) is 9.59 Å². The Kier molecular flexibility index (Phi) is 6.00. The fraction of sp³-hybridized carbons (Fsp3) is 0.818. The summed E-state index contributed by atoms with van der Waals surface area (Å²) in [6, 6.07) is 0. The lowest BCUT2D eigenvalue weighted by atomic mass is 10.2. The van der Waals surface area contributed by atoms with E-state index in [4.69, 9.17) is 0 Å². The highest BCUT2D eigenvalue weighted by Crippen LogP contribution is 2.18. The van der Waals surface area contributed by atoms with Gasteiger partial charge in [-0.2, -0.15) is 0 Å². The van der Waals surface area contributed by atoms with Gasteiger partial charge >= 0.3 is 0 Å². The van der Waals surface area contributed by atoms with Crippen LogP contribution >= 0.6 is 15.9 Å². The van der Waals surface area contributed by atoms with Crippen molar-refractivity contribution in [2.45, 2.75) is 32.0 Å². The predicted molar refractivity (Wildman–Crippen MR) is 68.6 cm³/mol. The SMILES string of the molecule is CCN(CC)C(=O)CN(C)C(=O)C(C)(C)Br. The van der Waals surface area contributed by atoms with Crippen LogP contribution < -0.4 is 0 Å². The Morgan fingerprint density at radius 2 is 1.62 bits per heavy atom. The summed E-state index contributed by atoms with van der Waals surface area (Å²) in [4.78, 5) is 26.7. The number of hydrogen-bond donors (Lipinski definition) is 0. The molecule has 0 aromatic heterocycles. The van der Waals surface area contributed by atoms with E-state index in [9.17, 15) is 9.59 Å². The van der Waals surface area contributed by atoms with Crippen LogP contribution in [0.15, 0.2) is 0 Å². The second kappa shape index (κ2) is 6.23. The van der Waals surface area contributed by atoms with Crippen molar-refractivity contribution in [1.29, 1.82) is 0 Å². The minimum absolute atomic E-state index is 0.0161. The van der Waals surface area contributed by atoms with Crippen LogP contribution in [0.2, 0.25) is 0 Å². The summed E-state index contributed by atoms with van der Waals surface area (Å²) < 4.78 is -0.620. The first-order valence-electron chi connectivity index (χ1n) is 5.46. The van der Waals surface area contributed by atoms with E-state index in [0.29, 0.717) is 13.1 Å². The average Bonchev–Trinajstić information content (AvgIpc) is 2.16. The van der Waals surface area contributed by atoms with Crippen LogP contribution in [0.3, 0.4) is 0 Å². The van der Waals surface area contributed by atoms with E-state index in [2.05, 4.69) is 15.9 Å². The van der Waals surface area contributed by atoms with Gasteiger partial charge in [0.2, 0.25) is 11.8 Å². The van der Waals surface area contributed by atoms with Crippen molar-refractivity contribution in [2.75, 3.05) is 26.7 Å². The van der Waals surface area contributed by atoms with Crippen molar-refractivity contribution in [1.82, 2.24) is 9.80 Å². The molecular weight excluding hydrogens is 272 g/mol. The van der Waals surface area contributed by atoms with Crippen LogP contribution in [0.1, 0.15) is 27.7 Å². The summed E-state index contributed by atoms with van der Waals surface area (Å²) in [5.74, 6) is -0.106. The van der Waals surface area contributed by atoms with Crippen molar-refractivity contribution in [3.05, 3.63) is 0 Å². The second-order valence-electron chi connectivity index (χ2n) is 4.20. The fourth-order valence-electron chi connectivity index (χ4n) is 1.40. The molecule has 0 fully saturated rings. The summed E-state index contributed by atoms with van der Waals surface area (Å²) in [5.41, 5.74) is 0. The highest BCUT2D eigenvalue weighted by molar-refractivity contribution is 9.10. The first kappa shape index (κ1) is 15.4. The highest BCUT2D eigenvalue weighted by Gasteiger charge is 2.28. The molecule has 0 spiro atoms. The molecular formula is C11H21BrN2O2. The molecule has 0 aromatic carbocycles. The Morgan fingerprint density at radius 1 is 1.19 bits per heavy atom. The minimum atomic E-state index is -0.620. The van der Waals surface area contributed by atoms with Crippen LogP contribution in [0, 0.1) is 0 Å². The Bertz CT molecular complexity index is 257. The number of carbonyl (C=O) groups is 2. The molecule has 2 amide bonds. The Labute approximate surface area is 106 Å². The van der Waals surface area contributed by atoms with Crippen molar-refractivity contribution in [2.24, 2.45) is 0 Å². The lowest BCUT2D eigenvalue weighted by Crippen LogP contribution is -2.45. The minimum Gasteiger partial charge on any atom is -0.342 e. The molecule has 0 rings (SSSR count). The van der Waals surface area contributed by atoms with Gasteiger partial charge in [0.1, 0.15) is 0 Å². The maximum atomic E-state index is 11.8. The Balaban J connectivity index is 4.40. The Morgan fingerprint density at radius 3 is 1.94 bits per heavy atom. The topological polar surface area (TPSA) is 40.6 Å². The summed E-state index contributed by atoms with van der Waals surface area (Å²) in [7, 11) is 1.65. The summed E-state index contributed by atoms with van der Waals surface area (Å²) in [6.45, 7) is 8.89. The van der Waals surface area contributed by atoms with Gasteiger partial charge in [-0.25, -0.2) is 0 Å². The monoisotopic (exact) mass is 292 g/mol. The van der Waals surface area contributed by atoms with E-state index < -0.39 is 4.32 Å². The summed E-state index contributed by atoms with van der Waals surface area (Å²) in [6.07, 6.45) is 0. The quantitative estimate of drug-likeness (QED) is 0.721. The number of halogens is 1. The largest absolute Gasteiger partial charge is 0.342 e. The number of hydrogen-bond acceptors (Lipinski definition) is 2. The molecule has 0 N–H and O–H groups in total. The molecule has 4 nitrogen and oxygen atoms in total. The summed E-state index contributed by atoms with van der Waals surface area (Å²) in [5, 5.41) is 0. The molecule has 16 heavy (non-hydrogen) atoms. The third-order valence-corrected chi connectivity index (χ3v) is 2.68. The van der Waals surface area contributed by atoms with E-state index in [1.807, 2.05) is 13.8 Å². The van der Waals surface area contributed by atoms with Gasteiger partial charge < -0.3 is 9.80 Å². The lowest BCUT2D eigenvalue weighted by Gasteiger charge is -2.27. The van der Waals surface area contributed by atoms with E-state index in [0.717, 1.165) is 0 Å². The molecule has 0 unspecified atom stereocenters. The number of likely N-dealkylation sites (N-methyl/N-ethyl adjacent to an activating group) is 2. The molecule has 0 aromatic rings. The average molecular weight is 293 g/mol. The second-order valence-corrected chi connectivity index (χ2v) is 6.18. The van der Waals surface area contributed by atoms with E-state index >= 15 is 0 Å². The highest BCUT2D eigenvalue weighted by atomic mass is 79.9. The van der Waals surface area contributed by atoms with Crippen molar-refractivity contribution < 1.29 is 9.59 Å². The zero-order valence-electron chi connectivity index (χ0n) is 10.7. The third kappa shape index (κ3) is 4.51. The van der Waals surface area contributed by atoms with Gasteiger partial charge in [0.05, 0.1) is 10.9 Å². The molecule has 0 aliphatic carbocycles. The number of alkyl halides is 1. The van der Waals surface area contributed by atoms with Crippen LogP contribution in [-0.4, -0.2) is 52.6 Å². The maximum Gasteiger partial charge on any atom is 0.242 e. The molecule has 0 aliphatic heterocycles. The number of amides is 2. The van der Waals surface area contributed by atoms with Gasteiger partial charge in [-0.1, -0.05) is 15.9 Å². The molecule has 0 atom stereocenters. The van der Waals surface area contributed by atoms with E-state index in [-0.39, 0.29) is 18.4 Å². The van der Waals surface area contributed by atoms with Crippen LogP contribution in [0.4, 0.5) is 0 Å². The van der Waals surface area contributed by atoms with Gasteiger partial charge in [0.25, 0.3) is 0 Å². The molecule has 0 heterocycles. The number of nitrogens with zero attached hydrogens (tertiary/aromatic N) is 2. The van der Waals surface area contributed by atoms with Gasteiger partial charge in [-0.3, -0.25) is 9.59 Å².